The Kier molecular flexibility index (Phi) is 5.92. The number of alkyl halides is 3. The lowest BCUT2D eigenvalue weighted by Gasteiger charge is -2.32. The van der Waals surface area contributed by atoms with Crippen LogP contribution in [-0.4, -0.2) is 29.2 Å². The molecule has 0 spiro atoms. The summed E-state index contributed by atoms with van der Waals surface area (Å²) in [6.45, 7) is 8.75. The van der Waals surface area contributed by atoms with Gasteiger partial charge in [0, 0.05) is 5.69 Å². The van der Waals surface area contributed by atoms with Gasteiger partial charge in [-0.1, -0.05) is 12.1 Å². The maximum atomic E-state index is 14.6. The van der Waals surface area contributed by atoms with Crippen LogP contribution >= 0.6 is 0 Å². The molecule has 2 heterocycles. The molecule has 0 saturated carbocycles. The molecule has 31 heavy (non-hydrogen) atoms. The lowest BCUT2D eigenvalue weighted by atomic mass is 9.78. The van der Waals surface area contributed by atoms with Crippen molar-refractivity contribution in [3.63, 3.8) is 0 Å². The van der Waals surface area contributed by atoms with Crippen LogP contribution in [0.15, 0.2) is 30.5 Å². The third kappa shape index (κ3) is 4.90. The number of benzene rings is 1. The summed E-state index contributed by atoms with van der Waals surface area (Å²) in [6, 6.07) is 5.07. The Balaban J connectivity index is 1.71. The zero-order valence-corrected chi connectivity index (χ0v) is 17.9. The summed E-state index contributed by atoms with van der Waals surface area (Å²) in [6.07, 6.45) is -3.82. The van der Waals surface area contributed by atoms with Crippen LogP contribution in [0.3, 0.4) is 0 Å². The zero-order chi connectivity index (χ0) is 23.2. The van der Waals surface area contributed by atoms with Crippen molar-refractivity contribution in [3.8, 4) is 0 Å². The second-order valence-electron chi connectivity index (χ2n) is 8.52. The first-order valence-corrected chi connectivity index (χ1v) is 9.67. The molecule has 0 bridgehead atoms. The summed E-state index contributed by atoms with van der Waals surface area (Å²) in [7, 11) is -0.748. The van der Waals surface area contributed by atoms with Crippen molar-refractivity contribution < 1.29 is 31.7 Å². The van der Waals surface area contributed by atoms with E-state index in [1.54, 1.807) is 6.07 Å². The highest BCUT2D eigenvalue weighted by Gasteiger charge is 2.51. The predicted molar refractivity (Wildman–Crippen MR) is 108 cm³/mol. The number of aromatic nitrogens is 1. The highest BCUT2D eigenvalue weighted by molar-refractivity contribution is 6.62. The van der Waals surface area contributed by atoms with E-state index in [2.05, 4.69) is 10.3 Å². The van der Waals surface area contributed by atoms with Gasteiger partial charge in [0.1, 0.15) is 5.82 Å². The van der Waals surface area contributed by atoms with Crippen LogP contribution in [-0.2, 0) is 26.7 Å². The van der Waals surface area contributed by atoms with Crippen molar-refractivity contribution in [2.24, 2.45) is 0 Å². The van der Waals surface area contributed by atoms with Gasteiger partial charge in [-0.15, -0.1) is 0 Å². The van der Waals surface area contributed by atoms with E-state index >= 15 is 0 Å². The first kappa shape index (κ1) is 23.2. The third-order valence-corrected chi connectivity index (χ3v) is 5.63. The average molecular weight is 438 g/mol. The Morgan fingerprint density at radius 1 is 1.13 bits per heavy atom. The first-order chi connectivity index (χ1) is 14.2. The SMILES string of the molecule is Cc1ncc(NC(=O)Cc2ccc(B3OC(C)(C)C(C)(C)O3)cc2F)cc1C(F)(F)F. The summed E-state index contributed by atoms with van der Waals surface area (Å²) >= 11 is 0. The van der Waals surface area contributed by atoms with Crippen molar-refractivity contribution in [2.45, 2.75) is 58.4 Å². The number of nitrogens with one attached hydrogen (secondary N) is 1. The summed E-state index contributed by atoms with van der Waals surface area (Å²) in [4.78, 5) is 15.9. The largest absolute Gasteiger partial charge is 0.494 e. The van der Waals surface area contributed by atoms with E-state index in [9.17, 15) is 22.4 Å². The van der Waals surface area contributed by atoms with Crippen LogP contribution in [0.5, 0.6) is 0 Å². The topological polar surface area (TPSA) is 60.5 Å². The normalized spacial score (nSPS) is 17.6. The number of rotatable bonds is 4. The summed E-state index contributed by atoms with van der Waals surface area (Å²) in [5.41, 5.74) is -1.85. The van der Waals surface area contributed by atoms with Gasteiger partial charge in [0.05, 0.1) is 35.1 Å². The molecule has 1 aromatic carbocycles. The van der Waals surface area contributed by atoms with E-state index in [1.165, 1.54) is 19.1 Å². The molecule has 1 saturated heterocycles. The molecular formula is C21H23BF4N2O3. The van der Waals surface area contributed by atoms with Gasteiger partial charge >= 0.3 is 13.3 Å². The van der Waals surface area contributed by atoms with E-state index in [0.29, 0.717) is 5.46 Å². The number of hydrogen-bond donors (Lipinski definition) is 1. The Morgan fingerprint density at radius 2 is 1.74 bits per heavy atom. The van der Waals surface area contributed by atoms with Crippen molar-refractivity contribution in [1.29, 1.82) is 0 Å². The van der Waals surface area contributed by atoms with Crippen molar-refractivity contribution in [1.82, 2.24) is 4.98 Å². The van der Waals surface area contributed by atoms with Gasteiger partial charge in [0.15, 0.2) is 0 Å². The number of nitrogens with zero attached hydrogens (tertiary/aromatic N) is 1. The van der Waals surface area contributed by atoms with Gasteiger partial charge in [-0.05, 0) is 57.8 Å². The lowest BCUT2D eigenvalue weighted by Crippen LogP contribution is -2.41. The van der Waals surface area contributed by atoms with Crippen LogP contribution in [0, 0.1) is 12.7 Å². The van der Waals surface area contributed by atoms with Gasteiger partial charge in [0.2, 0.25) is 5.91 Å². The molecule has 1 aromatic heterocycles. The van der Waals surface area contributed by atoms with Crippen LogP contribution in [0.1, 0.15) is 44.5 Å². The Hall–Kier alpha value is -2.46. The molecule has 0 aliphatic carbocycles. The minimum absolute atomic E-state index is 0.0916. The maximum Gasteiger partial charge on any atom is 0.494 e. The number of hydrogen-bond acceptors (Lipinski definition) is 4. The minimum Gasteiger partial charge on any atom is -0.399 e. The zero-order valence-electron chi connectivity index (χ0n) is 17.9. The smallest absolute Gasteiger partial charge is 0.399 e. The van der Waals surface area contributed by atoms with E-state index in [0.717, 1.165) is 12.3 Å². The number of amides is 1. The molecule has 1 fully saturated rings. The van der Waals surface area contributed by atoms with Crippen LogP contribution in [0.4, 0.5) is 23.2 Å². The van der Waals surface area contributed by atoms with Crippen molar-refractivity contribution >= 4 is 24.2 Å². The number of anilines is 1. The molecule has 1 amide bonds. The van der Waals surface area contributed by atoms with E-state index in [4.69, 9.17) is 9.31 Å². The van der Waals surface area contributed by atoms with Crippen LogP contribution < -0.4 is 10.8 Å². The molecule has 10 heteroatoms. The number of carbonyl (C=O) groups is 1. The fraction of sp³-hybridized carbons (Fsp3) is 0.429. The van der Waals surface area contributed by atoms with E-state index in [1.807, 2.05) is 27.7 Å². The lowest BCUT2D eigenvalue weighted by molar-refractivity contribution is -0.138. The highest BCUT2D eigenvalue weighted by atomic mass is 19.4. The molecule has 5 nitrogen and oxygen atoms in total. The van der Waals surface area contributed by atoms with Crippen molar-refractivity contribution in [2.75, 3.05) is 5.32 Å². The minimum atomic E-state index is -4.59. The molecular weight excluding hydrogens is 415 g/mol. The van der Waals surface area contributed by atoms with Crippen LogP contribution in [0.2, 0.25) is 0 Å². The summed E-state index contributed by atoms with van der Waals surface area (Å²) in [5.74, 6) is -1.30. The quantitative estimate of drug-likeness (QED) is 0.579. The molecule has 1 N–H and O–H groups in total. The second kappa shape index (κ2) is 7.91. The maximum absolute atomic E-state index is 14.6. The van der Waals surface area contributed by atoms with Gasteiger partial charge in [-0.2, -0.15) is 13.2 Å². The van der Waals surface area contributed by atoms with Gasteiger partial charge in [-0.25, -0.2) is 4.39 Å². The van der Waals surface area contributed by atoms with Crippen molar-refractivity contribution in [3.05, 3.63) is 53.1 Å². The fourth-order valence-electron chi connectivity index (χ4n) is 3.10. The number of halogens is 4. The predicted octanol–water partition coefficient (Wildman–Crippen LogP) is 4.03. The highest BCUT2D eigenvalue weighted by Crippen LogP contribution is 2.36. The van der Waals surface area contributed by atoms with Crippen LogP contribution in [0.25, 0.3) is 0 Å². The first-order valence-electron chi connectivity index (χ1n) is 9.67. The fourth-order valence-corrected chi connectivity index (χ4v) is 3.10. The molecule has 2 aromatic rings. The average Bonchev–Trinajstić information content (AvgIpc) is 2.85. The monoisotopic (exact) mass is 438 g/mol. The number of aryl methyl sites for hydroxylation is 1. The molecule has 0 unspecified atom stereocenters. The van der Waals surface area contributed by atoms with Gasteiger partial charge in [0.25, 0.3) is 0 Å². The van der Waals surface area contributed by atoms with E-state index in [-0.39, 0.29) is 23.4 Å². The number of carbonyl (C=O) groups excluding carboxylic acids is 1. The van der Waals surface area contributed by atoms with Gasteiger partial charge < -0.3 is 14.6 Å². The Morgan fingerprint density at radius 3 is 2.29 bits per heavy atom. The molecule has 1 aliphatic heterocycles. The number of pyridine rings is 1. The van der Waals surface area contributed by atoms with E-state index < -0.39 is 41.8 Å². The third-order valence-electron chi connectivity index (χ3n) is 5.63. The Labute approximate surface area is 178 Å². The standard InChI is InChI=1S/C21H23BF4N2O3/c1-12-16(21(24,25)26)10-15(11-27-12)28-18(29)8-13-6-7-14(9-17(13)23)22-30-19(2,3)20(4,5)31-22/h6-7,9-11H,8H2,1-5H3,(H,28,29). The molecule has 3 rings (SSSR count). The molecule has 1 aliphatic rings. The molecule has 0 atom stereocenters. The molecule has 0 radical (unpaired) electrons. The summed E-state index contributed by atoms with van der Waals surface area (Å²) < 4.78 is 65.4. The van der Waals surface area contributed by atoms with Gasteiger partial charge in [-0.3, -0.25) is 9.78 Å². The second-order valence-corrected chi connectivity index (χ2v) is 8.52. The Bertz CT molecular complexity index is 993. The molecule has 166 valence electrons. The summed E-state index contributed by atoms with van der Waals surface area (Å²) in [5, 5.41) is 2.33.